The Morgan fingerprint density at radius 3 is 2.46 bits per heavy atom. The van der Waals surface area contributed by atoms with Gasteiger partial charge in [0.05, 0.1) is 11.6 Å². The molecule has 2 rings (SSSR count). The highest BCUT2D eigenvalue weighted by Crippen LogP contribution is 2.44. The maximum absolute atomic E-state index is 12.8. The van der Waals surface area contributed by atoms with Gasteiger partial charge in [0.25, 0.3) is 0 Å². The average Bonchev–Trinajstić information content (AvgIpc) is 2.49. The number of nitrogens with zero attached hydrogens (tertiary/aromatic N) is 1. The Bertz CT molecular complexity index is 769. The summed E-state index contributed by atoms with van der Waals surface area (Å²) >= 11 is 0. The van der Waals surface area contributed by atoms with Crippen LogP contribution in [0.3, 0.4) is 0 Å². The number of Topliss-reactive ketones (excluding diaryl/α,β-unsaturated/α-hetero) is 1. The van der Waals surface area contributed by atoms with Crippen LogP contribution < -0.4 is 4.74 Å². The molecule has 6 nitrogen and oxygen atoms in total. The van der Waals surface area contributed by atoms with Gasteiger partial charge in [-0.15, -0.1) is 0 Å². The van der Waals surface area contributed by atoms with Crippen LogP contribution >= 0.6 is 0 Å². The topological polar surface area (TPSA) is 108 Å². The van der Waals surface area contributed by atoms with Crippen LogP contribution in [-0.4, -0.2) is 33.7 Å². The van der Waals surface area contributed by atoms with Crippen molar-refractivity contribution < 1.29 is 24.5 Å². The zero-order valence-corrected chi connectivity index (χ0v) is 15.7. The number of hydrogen-bond acceptors (Lipinski definition) is 5. The summed E-state index contributed by atoms with van der Waals surface area (Å²) in [4.78, 5) is 24.5. The summed E-state index contributed by atoms with van der Waals surface area (Å²) in [5, 5.41) is 29.4. The molecule has 140 valence electrons. The second-order valence-corrected chi connectivity index (χ2v) is 8.43. The molecule has 3 unspecified atom stereocenters. The number of carboxylic acids is 1. The first-order valence-corrected chi connectivity index (χ1v) is 8.55. The maximum Gasteiger partial charge on any atom is 0.314 e. The molecule has 0 aromatic heterocycles. The summed E-state index contributed by atoms with van der Waals surface area (Å²) < 4.78 is 5.83. The predicted molar refractivity (Wildman–Crippen MR) is 94.8 cm³/mol. The first-order chi connectivity index (χ1) is 11.9. The lowest BCUT2D eigenvalue weighted by Crippen LogP contribution is -2.50. The number of aliphatic hydroxyl groups excluding tert-OH is 1. The molecule has 1 aromatic rings. The van der Waals surface area contributed by atoms with Crippen molar-refractivity contribution in [2.45, 2.75) is 58.7 Å². The van der Waals surface area contributed by atoms with E-state index in [9.17, 15) is 19.8 Å². The number of aliphatic carboxylic acids is 1. The number of fused-ring (bicyclic) bond motifs is 1. The zero-order chi connectivity index (χ0) is 19.9. The second kappa shape index (κ2) is 6.73. The van der Waals surface area contributed by atoms with Crippen LogP contribution in [0.2, 0.25) is 0 Å². The van der Waals surface area contributed by atoms with Gasteiger partial charge in [-0.1, -0.05) is 20.8 Å². The van der Waals surface area contributed by atoms with Crippen molar-refractivity contribution in [2.24, 2.45) is 11.3 Å². The third-order valence-electron chi connectivity index (χ3n) is 4.86. The van der Waals surface area contributed by atoms with Gasteiger partial charge in [-0.25, -0.2) is 0 Å². The molecule has 2 N–H and O–H groups in total. The number of ether oxygens (including phenoxy) is 1. The van der Waals surface area contributed by atoms with Crippen LogP contribution in [-0.2, 0) is 9.59 Å². The maximum atomic E-state index is 12.8. The van der Waals surface area contributed by atoms with Crippen LogP contribution in [0.15, 0.2) is 18.2 Å². The standard InChI is InChI=1S/C20H25NO5/c1-19(2,3)16(18(24)25)14(22)9-13-12-8-11(10-21)6-7-15(12)26-20(4,5)17(13)23/h6-8,13,16-17,23H,9H2,1-5H3,(H,24,25). The molecule has 26 heavy (non-hydrogen) atoms. The smallest absolute Gasteiger partial charge is 0.314 e. The quantitative estimate of drug-likeness (QED) is 0.800. The van der Waals surface area contributed by atoms with Gasteiger partial charge in [0.15, 0.2) is 0 Å². The Morgan fingerprint density at radius 1 is 1.35 bits per heavy atom. The third kappa shape index (κ3) is 3.73. The minimum atomic E-state index is -1.18. The Balaban J connectivity index is 2.46. The van der Waals surface area contributed by atoms with E-state index in [0.29, 0.717) is 16.9 Å². The lowest BCUT2D eigenvalue weighted by molar-refractivity contribution is -0.151. The fraction of sp³-hybridized carbons (Fsp3) is 0.550. The number of rotatable bonds is 4. The molecule has 3 atom stereocenters. The predicted octanol–water partition coefficient (Wildman–Crippen LogP) is 2.88. The number of ketones is 1. The van der Waals surface area contributed by atoms with E-state index in [4.69, 9.17) is 10.00 Å². The highest BCUT2D eigenvalue weighted by molar-refractivity contribution is 5.99. The zero-order valence-electron chi connectivity index (χ0n) is 15.7. The van der Waals surface area contributed by atoms with E-state index >= 15 is 0 Å². The van der Waals surface area contributed by atoms with Crippen LogP contribution in [0.1, 0.15) is 58.1 Å². The summed E-state index contributed by atoms with van der Waals surface area (Å²) in [5.41, 5.74) is -0.733. The number of carbonyl (C=O) groups excluding carboxylic acids is 1. The molecule has 0 spiro atoms. The number of carboxylic acid groups (broad SMARTS) is 1. The minimum absolute atomic E-state index is 0.135. The number of hydrogen-bond donors (Lipinski definition) is 2. The van der Waals surface area contributed by atoms with Crippen LogP contribution in [0.25, 0.3) is 0 Å². The van der Waals surface area contributed by atoms with Gasteiger partial charge < -0.3 is 14.9 Å². The number of benzene rings is 1. The molecule has 0 saturated heterocycles. The SMILES string of the molecule is CC(C)(C)C(C(=O)O)C(=O)CC1c2cc(C#N)ccc2OC(C)(C)C1O. The third-order valence-corrected chi connectivity index (χ3v) is 4.86. The first kappa shape index (κ1) is 19.9. The van der Waals surface area contributed by atoms with E-state index in [1.54, 1.807) is 52.8 Å². The van der Waals surface area contributed by atoms with Gasteiger partial charge in [0.2, 0.25) is 0 Å². The van der Waals surface area contributed by atoms with Crippen LogP contribution in [0.5, 0.6) is 5.75 Å². The molecule has 0 amide bonds. The van der Waals surface area contributed by atoms with Crippen molar-refractivity contribution in [1.29, 1.82) is 5.26 Å². The molecular formula is C20H25NO5. The molecule has 0 radical (unpaired) electrons. The molecule has 0 bridgehead atoms. The first-order valence-electron chi connectivity index (χ1n) is 8.55. The summed E-state index contributed by atoms with van der Waals surface area (Å²) in [6.07, 6.45) is -1.15. The number of carbonyl (C=O) groups is 2. The highest BCUT2D eigenvalue weighted by Gasteiger charge is 2.46. The normalized spacial score (nSPS) is 22.5. The van der Waals surface area contributed by atoms with E-state index in [1.807, 2.05) is 6.07 Å². The van der Waals surface area contributed by atoms with E-state index in [1.165, 1.54) is 0 Å². The number of nitriles is 1. The second-order valence-electron chi connectivity index (χ2n) is 8.43. The molecule has 6 heteroatoms. The van der Waals surface area contributed by atoms with Crippen molar-refractivity contribution in [3.05, 3.63) is 29.3 Å². The van der Waals surface area contributed by atoms with Crippen molar-refractivity contribution in [3.63, 3.8) is 0 Å². The lowest BCUT2D eigenvalue weighted by Gasteiger charge is -2.42. The minimum Gasteiger partial charge on any atom is -0.485 e. The molecule has 0 saturated carbocycles. The van der Waals surface area contributed by atoms with Crippen LogP contribution in [0.4, 0.5) is 0 Å². The van der Waals surface area contributed by atoms with Crippen LogP contribution in [0, 0.1) is 22.7 Å². The number of aliphatic hydroxyl groups is 1. The Morgan fingerprint density at radius 2 is 1.96 bits per heavy atom. The van der Waals surface area contributed by atoms with Gasteiger partial charge in [0, 0.05) is 17.9 Å². The molecule has 1 aromatic carbocycles. The largest absolute Gasteiger partial charge is 0.485 e. The molecule has 0 fully saturated rings. The monoisotopic (exact) mass is 359 g/mol. The average molecular weight is 359 g/mol. The van der Waals surface area contributed by atoms with Gasteiger partial charge in [-0.05, 0) is 37.5 Å². The Kier molecular flexibility index (Phi) is 5.16. The molecular weight excluding hydrogens is 334 g/mol. The summed E-state index contributed by atoms with van der Waals surface area (Å²) in [6.45, 7) is 8.55. The molecule has 0 aliphatic carbocycles. The highest BCUT2D eigenvalue weighted by atomic mass is 16.5. The summed E-state index contributed by atoms with van der Waals surface area (Å²) in [7, 11) is 0. The van der Waals surface area contributed by atoms with E-state index in [2.05, 4.69) is 0 Å². The van der Waals surface area contributed by atoms with E-state index in [0.717, 1.165) is 0 Å². The van der Waals surface area contributed by atoms with E-state index < -0.39 is 40.7 Å². The van der Waals surface area contributed by atoms with E-state index in [-0.39, 0.29) is 6.42 Å². The molecule has 1 aliphatic heterocycles. The van der Waals surface area contributed by atoms with Crippen molar-refractivity contribution in [2.75, 3.05) is 0 Å². The van der Waals surface area contributed by atoms with Gasteiger partial charge in [-0.2, -0.15) is 5.26 Å². The Labute approximate surface area is 153 Å². The summed E-state index contributed by atoms with van der Waals surface area (Å²) in [5.74, 6) is -2.93. The van der Waals surface area contributed by atoms with Crippen molar-refractivity contribution >= 4 is 11.8 Å². The van der Waals surface area contributed by atoms with Crippen molar-refractivity contribution in [1.82, 2.24) is 0 Å². The van der Waals surface area contributed by atoms with Gasteiger partial charge >= 0.3 is 5.97 Å². The van der Waals surface area contributed by atoms with Gasteiger partial charge in [0.1, 0.15) is 29.2 Å². The van der Waals surface area contributed by atoms with Gasteiger partial charge in [-0.3, -0.25) is 9.59 Å². The Hall–Kier alpha value is -2.39. The summed E-state index contributed by atoms with van der Waals surface area (Å²) in [6, 6.07) is 6.89. The molecule has 1 heterocycles. The lowest BCUT2D eigenvalue weighted by atomic mass is 9.72. The fourth-order valence-electron chi connectivity index (χ4n) is 3.55. The molecule has 1 aliphatic rings. The van der Waals surface area contributed by atoms with Crippen molar-refractivity contribution in [3.8, 4) is 11.8 Å². The fourth-order valence-corrected chi connectivity index (χ4v) is 3.55.